The Morgan fingerprint density at radius 2 is 1.96 bits per heavy atom. The van der Waals surface area contributed by atoms with Crippen LogP contribution in [0.15, 0.2) is 18.2 Å². The highest BCUT2D eigenvalue weighted by Crippen LogP contribution is 2.27. The highest BCUT2D eigenvalue weighted by Gasteiger charge is 2.23. The van der Waals surface area contributed by atoms with Crippen molar-refractivity contribution >= 4 is 23.6 Å². The molecule has 0 aliphatic heterocycles. The van der Waals surface area contributed by atoms with Gasteiger partial charge in [0.25, 0.3) is 5.91 Å². The van der Waals surface area contributed by atoms with Crippen LogP contribution < -0.4 is 15.4 Å². The minimum atomic E-state index is -1.26. The summed E-state index contributed by atoms with van der Waals surface area (Å²) in [6, 6.07) is 2.73. The number of imide groups is 1. The summed E-state index contributed by atoms with van der Waals surface area (Å²) < 4.78 is 9.67. The smallest absolute Gasteiger partial charge is 0.339 e. The summed E-state index contributed by atoms with van der Waals surface area (Å²) in [6.07, 6.45) is -1.26. The molecule has 0 aliphatic carbocycles. The van der Waals surface area contributed by atoms with Crippen LogP contribution in [0, 0.1) is 10.1 Å². The number of urea groups is 1. The van der Waals surface area contributed by atoms with Crippen LogP contribution in [0.4, 0.5) is 10.5 Å². The topological polar surface area (TPSA) is 137 Å². The van der Waals surface area contributed by atoms with E-state index in [-0.39, 0.29) is 11.3 Å². The van der Waals surface area contributed by atoms with E-state index in [9.17, 15) is 24.5 Å². The van der Waals surface area contributed by atoms with Gasteiger partial charge in [0.15, 0.2) is 11.9 Å². The van der Waals surface area contributed by atoms with Crippen molar-refractivity contribution < 1.29 is 28.8 Å². The summed E-state index contributed by atoms with van der Waals surface area (Å²) in [5.74, 6) is -1.80. The van der Waals surface area contributed by atoms with Gasteiger partial charge in [-0.25, -0.2) is 9.59 Å². The molecule has 0 unspecified atom stereocenters. The van der Waals surface area contributed by atoms with Crippen molar-refractivity contribution in [1.29, 1.82) is 0 Å². The number of hydrogen-bond donors (Lipinski definition) is 2. The Bertz CT molecular complexity index is 644. The second-order valence-electron chi connectivity index (χ2n) is 4.26. The number of carbonyl (C=O) groups excluding carboxylic acids is 3. The number of esters is 1. The second kappa shape index (κ2) is 7.73. The third kappa shape index (κ3) is 4.66. The number of hydrogen-bond acceptors (Lipinski definition) is 7. The lowest BCUT2D eigenvalue weighted by Gasteiger charge is -2.12. The van der Waals surface area contributed by atoms with E-state index in [1.165, 1.54) is 33.2 Å². The highest BCUT2D eigenvalue weighted by molar-refractivity contribution is 5.98. The quantitative estimate of drug-likeness (QED) is 0.459. The maximum absolute atomic E-state index is 11.9. The molecule has 0 aromatic heterocycles. The van der Waals surface area contributed by atoms with E-state index in [0.29, 0.717) is 0 Å². The van der Waals surface area contributed by atoms with Gasteiger partial charge >= 0.3 is 17.7 Å². The molecule has 1 rings (SSSR count). The van der Waals surface area contributed by atoms with Gasteiger partial charge in [-0.3, -0.25) is 20.2 Å². The first-order chi connectivity index (χ1) is 10.8. The normalized spacial score (nSPS) is 11.1. The Balaban J connectivity index is 2.86. The first kappa shape index (κ1) is 17.9. The van der Waals surface area contributed by atoms with Gasteiger partial charge < -0.3 is 14.8 Å². The Morgan fingerprint density at radius 3 is 2.48 bits per heavy atom. The molecule has 124 valence electrons. The van der Waals surface area contributed by atoms with E-state index >= 15 is 0 Å². The molecule has 23 heavy (non-hydrogen) atoms. The van der Waals surface area contributed by atoms with Crippen molar-refractivity contribution in [2.75, 3.05) is 14.2 Å². The minimum Gasteiger partial charge on any atom is -0.490 e. The zero-order valence-electron chi connectivity index (χ0n) is 12.6. The third-order valence-electron chi connectivity index (χ3n) is 2.73. The van der Waals surface area contributed by atoms with Crippen LogP contribution in [0.2, 0.25) is 0 Å². The average Bonchev–Trinajstić information content (AvgIpc) is 2.53. The van der Waals surface area contributed by atoms with Crippen LogP contribution in [-0.2, 0) is 9.53 Å². The van der Waals surface area contributed by atoms with Gasteiger partial charge in [-0.1, -0.05) is 0 Å². The molecule has 2 N–H and O–H groups in total. The van der Waals surface area contributed by atoms with Crippen molar-refractivity contribution in [2.45, 2.75) is 13.0 Å². The fraction of sp³-hybridized carbons (Fsp3) is 0.308. The number of methoxy groups -OCH3 is 1. The SMILES string of the molecule is CNC(=O)NC(=O)[C@H](C)OC(=O)c1ccc(OC)c([N+](=O)[O-])c1. The molecule has 0 fully saturated rings. The predicted octanol–water partition coefficient (Wildman–Crippen LogP) is 0.604. The van der Waals surface area contributed by atoms with Gasteiger partial charge in [-0.05, 0) is 19.1 Å². The molecule has 0 saturated heterocycles. The largest absolute Gasteiger partial charge is 0.490 e. The zero-order chi connectivity index (χ0) is 17.6. The number of nitro benzene ring substituents is 1. The molecule has 1 aromatic rings. The Morgan fingerprint density at radius 1 is 1.30 bits per heavy atom. The van der Waals surface area contributed by atoms with Crippen LogP contribution in [0.3, 0.4) is 0 Å². The maximum atomic E-state index is 11.9. The maximum Gasteiger partial charge on any atom is 0.339 e. The van der Waals surface area contributed by atoms with Crippen molar-refractivity contribution in [2.24, 2.45) is 0 Å². The number of nitro groups is 1. The van der Waals surface area contributed by atoms with Gasteiger partial charge in [-0.15, -0.1) is 0 Å². The molecule has 10 nitrogen and oxygen atoms in total. The van der Waals surface area contributed by atoms with Crippen LogP contribution in [0.1, 0.15) is 17.3 Å². The molecule has 1 atom stereocenters. The first-order valence-corrected chi connectivity index (χ1v) is 6.36. The number of nitrogens with one attached hydrogen (secondary N) is 2. The van der Waals surface area contributed by atoms with E-state index in [4.69, 9.17) is 9.47 Å². The standard InChI is InChI=1S/C13H15N3O7/c1-7(11(17)15-13(19)14-2)23-12(18)8-4-5-10(22-3)9(6-8)16(20)21/h4-7H,1-3H3,(H2,14,15,17,19)/t7-/m0/s1. The van der Waals surface area contributed by atoms with E-state index < -0.39 is 34.6 Å². The van der Waals surface area contributed by atoms with Crippen LogP contribution >= 0.6 is 0 Å². The average molecular weight is 325 g/mol. The van der Waals surface area contributed by atoms with Crippen LogP contribution in [0.25, 0.3) is 0 Å². The molecular formula is C13H15N3O7. The summed E-state index contributed by atoms with van der Waals surface area (Å²) in [4.78, 5) is 44.7. The van der Waals surface area contributed by atoms with Crippen LogP contribution in [-0.4, -0.2) is 43.1 Å². The zero-order valence-corrected chi connectivity index (χ0v) is 12.6. The van der Waals surface area contributed by atoms with Gasteiger partial charge in [0, 0.05) is 13.1 Å². The molecule has 3 amide bonds. The van der Waals surface area contributed by atoms with E-state index in [0.717, 1.165) is 6.07 Å². The predicted molar refractivity (Wildman–Crippen MR) is 77.1 cm³/mol. The first-order valence-electron chi connectivity index (χ1n) is 6.36. The van der Waals surface area contributed by atoms with E-state index in [1.54, 1.807) is 0 Å². The van der Waals surface area contributed by atoms with Gasteiger partial charge in [0.2, 0.25) is 0 Å². The third-order valence-corrected chi connectivity index (χ3v) is 2.73. The number of benzene rings is 1. The Labute approximate surface area is 130 Å². The number of rotatable bonds is 5. The lowest BCUT2D eigenvalue weighted by atomic mass is 10.2. The molecule has 0 heterocycles. The van der Waals surface area contributed by atoms with Gasteiger partial charge in [0.1, 0.15) is 0 Å². The Kier molecular flexibility index (Phi) is 6.01. The molecule has 0 aliphatic rings. The van der Waals surface area contributed by atoms with Gasteiger partial charge in [-0.2, -0.15) is 0 Å². The Hall–Kier alpha value is -3.17. The molecular weight excluding hydrogens is 310 g/mol. The number of ether oxygens (including phenoxy) is 2. The molecule has 0 radical (unpaired) electrons. The van der Waals surface area contributed by atoms with Gasteiger partial charge in [0.05, 0.1) is 17.6 Å². The van der Waals surface area contributed by atoms with Crippen LogP contribution in [0.5, 0.6) is 5.75 Å². The summed E-state index contributed by atoms with van der Waals surface area (Å²) in [7, 11) is 2.57. The molecule has 0 bridgehead atoms. The van der Waals surface area contributed by atoms with E-state index in [2.05, 4.69) is 5.32 Å². The fourth-order valence-corrected chi connectivity index (χ4v) is 1.52. The summed E-state index contributed by atoms with van der Waals surface area (Å²) >= 11 is 0. The monoisotopic (exact) mass is 325 g/mol. The van der Waals surface area contributed by atoms with Crippen molar-refractivity contribution in [3.05, 3.63) is 33.9 Å². The number of amides is 3. The fourth-order valence-electron chi connectivity index (χ4n) is 1.52. The summed E-state index contributed by atoms with van der Waals surface area (Å²) in [5.41, 5.74) is -0.540. The molecule has 10 heteroatoms. The lowest BCUT2D eigenvalue weighted by Crippen LogP contribution is -2.43. The number of nitrogens with zero attached hydrogens (tertiary/aromatic N) is 1. The summed E-state index contributed by atoms with van der Waals surface area (Å²) in [5, 5.41) is 15.0. The lowest BCUT2D eigenvalue weighted by molar-refractivity contribution is -0.385. The highest BCUT2D eigenvalue weighted by atomic mass is 16.6. The van der Waals surface area contributed by atoms with Crippen molar-refractivity contribution in [1.82, 2.24) is 10.6 Å². The molecule has 1 aromatic carbocycles. The molecule has 0 spiro atoms. The second-order valence-corrected chi connectivity index (χ2v) is 4.26. The molecule has 0 saturated carbocycles. The van der Waals surface area contributed by atoms with Crippen molar-refractivity contribution in [3.63, 3.8) is 0 Å². The minimum absolute atomic E-state index is 0.0167. The van der Waals surface area contributed by atoms with E-state index in [1.807, 2.05) is 5.32 Å². The summed E-state index contributed by atoms with van der Waals surface area (Å²) in [6.45, 7) is 1.26. The number of carbonyl (C=O) groups is 3. The van der Waals surface area contributed by atoms with Crippen molar-refractivity contribution in [3.8, 4) is 5.75 Å².